The molecule has 2 N–H and O–H groups in total. The van der Waals surface area contributed by atoms with Crippen LogP contribution in [0.2, 0.25) is 0 Å². The topological polar surface area (TPSA) is 88.9 Å². The Labute approximate surface area is 170 Å². The van der Waals surface area contributed by atoms with Crippen molar-refractivity contribution < 1.29 is 9.59 Å². The summed E-state index contributed by atoms with van der Waals surface area (Å²) in [6.45, 7) is 7.33. The van der Waals surface area contributed by atoms with Crippen molar-refractivity contribution in [1.29, 1.82) is 0 Å². The number of aromatic nitrogens is 3. The molecule has 8 heteroatoms. The SMILES string of the molecule is CSc1nnc(CCCNC(=O)Cc2ccc(NC(C)=O)cc2)n1CC(C)C. The normalized spacial score (nSPS) is 10.9. The lowest BCUT2D eigenvalue weighted by Crippen LogP contribution is -2.26. The van der Waals surface area contributed by atoms with Gasteiger partial charge in [-0.05, 0) is 36.3 Å². The van der Waals surface area contributed by atoms with E-state index in [9.17, 15) is 9.59 Å². The average Bonchev–Trinajstić information content (AvgIpc) is 3.01. The zero-order chi connectivity index (χ0) is 20.5. The summed E-state index contributed by atoms with van der Waals surface area (Å²) in [4.78, 5) is 23.2. The van der Waals surface area contributed by atoms with Gasteiger partial charge in [0.05, 0.1) is 6.42 Å². The molecule has 152 valence electrons. The molecule has 0 saturated heterocycles. The standard InChI is InChI=1S/C20H29N5O2S/c1-14(2)13-25-18(23-24-20(25)28-4)6-5-11-21-19(27)12-16-7-9-17(10-8-16)22-15(3)26/h7-10,14H,5-6,11-13H2,1-4H3,(H,21,27)(H,22,26). The number of rotatable bonds is 10. The lowest BCUT2D eigenvalue weighted by molar-refractivity contribution is -0.120. The lowest BCUT2D eigenvalue weighted by atomic mass is 10.1. The van der Waals surface area contributed by atoms with Crippen molar-refractivity contribution in [1.82, 2.24) is 20.1 Å². The third kappa shape index (κ3) is 6.99. The predicted octanol–water partition coefficient (Wildman–Crippen LogP) is 2.91. The van der Waals surface area contributed by atoms with E-state index in [-0.39, 0.29) is 11.8 Å². The molecule has 2 aromatic rings. The summed E-state index contributed by atoms with van der Waals surface area (Å²) >= 11 is 1.60. The smallest absolute Gasteiger partial charge is 0.224 e. The van der Waals surface area contributed by atoms with Gasteiger partial charge in [-0.15, -0.1) is 10.2 Å². The molecule has 0 aliphatic heterocycles. The molecule has 7 nitrogen and oxygen atoms in total. The minimum atomic E-state index is -0.112. The van der Waals surface area contributed by atoms with Gasteiger partial charge >= 0.3 is 0 Å². The Morgan fingerprint density at radius 1 is 1.18 bits per heavy atom. The molecule has 0 unspecified atom stereocenters. The number of thioether (sulfide) groups is 1. The van der Waals surface area contributed by atoms with Gasteiger partial charge in [-0.25, -0.2) is 0 Å². The Hall–Kier alpha value is -2.35. The Balaban J connectivity index is 1.77. The first-order valence-corrected chi connectivity index (χ1v) is 10.7. The summed E-state index contributed by atoms with van der Waals surface area (Å²) in [7, 11) is 0. The number of anilines is 1. The number of nitrogens with zero attached hydrogens (tertiary/aromatic N) is 3. The third-order valence-electron chi connectivity index (χ3n) is 4.06. The van der Waals surface area contributed by atoms with Crippen molar-refractivity contribution >= 4 is 29.3 Å². The molecule has 0 bridgehead atoms. The molecule has 0 saturated carbocycles. The number of aryl methyl sites for hydroxylation is 1. The fourth-order valence-corrected chi connectivity index (χ4v) is 3.36. The van der Waals surface area contributed by atoms with Gasteiger partial charge < -0.3 is 15.2 Å². The van der Waals surface area contributed by atoms with Crippen LogP contribution in [0.25, 0.3) is 0 Å². The van der Waals surface area contributed by atoms with E-state index in [1.54, 1.807) is 23.9 Å². The first kappa shape index (κ1) is 21.9. The number of nitrogens with one attached hydrogen (secondary N) is 2. The molecule has 0 aliphatic rings. The fourth-order valence-electron chi connectivity index (χ4n) is 2.83. The largest absolute Gasteiger partial charge is 0.356 e. The zero-order valence-electron chi connectivity index (χ0n) is 17.0. The Kier molecular flexibility index (Phi) is 8.50. The van der Waals surface area contributed by atoms with Crippen LogP contribution < -0.4 is 10.6 Å². The second-order valence-corrected chi connectivity index (χ2v) is 7.89. The first-order chi connectivity index (χ1) is 13.4. The zero-order valence-corrected chi connectivity index (χ0v) is 17.8. The van der Waals surface area contributed by atoms with Gasteiger partial charge in [-0.2, -0.15) is 0 Å². The van der Waals surface area contributed by atoms with E-state index in [1.165, 1.54) is 6.92 Å². The van der Waals surface area contributed by atoms with E-state index in [0.29, 0.717) is 18.9 Å². The molecule has 0 spiro atoms. The van der Waals surface area contributed by atoms with Gasteiger partial charge in [-0.3, -0.25) is 9.59 Å². The van der Waals surface area contributed by atoms with Crippen molar-refractivity contribution in [3.63, 3.8) is 0 Å². The van der Waals surface area contributed by atoms with Gasteiger partial charge in [0.15, 0.2) is 5.16 Å². The minimum absolute atomic E-state index is 0.0132. The molecule has 0 radical (unpaired) electrons. The van der Waals surface area contributed by atoms with E-state index in [1.807, 2.05) is 18.4 Å². The maximum absolute atomic E-state index is 12.1. The molecule has 0 aliphatic carbocycles. The average molecular weight is 404 g/mol. The lowest BCUT2D eigenvalue weighted by Gasteiger charge is -2.12. The molecule has 0 atom stereocenters. The fraction of sp³-hybridized carbons (Fsp3) is 0.500. The highest BCUT2D eigenvalue weighted by Crippen LogP contribution is 2.16. The molecule has 2 rings (SSSR count). The van der Waals surface area contributed by atoms with Crippen LogP contribution in [0.5, 0.6) is 0 Å². The monoisotopic (exact) mass is 403 g/mol. The quantitative estimate of drug-likeness (QED) is 0.470. The van der Waals surface area contributed by atoms with Crippen LogP contribution in [-0.4, -0.2) is 39.4 Å². The molecule has 1 heterocycles. The van der Waals surface area contributed by atoms with E-state index in [0.717, 1.165) is 41.6 Å². The summed E-state index contributed by atoms with van der Waals surface area (Å²) in [5.74, 6) is 1.37. The van der Waals surface area contributed by atoms with E-state index < -0.39 is 0 Å². The number of carbonyl (C=O) groups excluding carboxylic acids is 2. The number of benzene rings is 1. The maximum atomic E-state index is 12.1. The van der Waals surface area contributed by atoms with Crippen LogP contribution in [0.1, 0.15) is 38.6 Å². The summed E-state index contributed by atoms with van der Waals surface area (Å²) in [6.07, 6.45) is 3.93. The molecule has 2 amide bonds. The van der Waals surface area contributed by atoms with Crippen molar-refractivity contribution in [3.05, 3.63) is 35.7 Å². The highest BCUT2D eigenvalue weighted by atomic mass is 32.2. The maximum Gasteiger partial charge on any atom is 0.224 e. The minimum Gasteiger partial charge on any atom is -0.356 e. The van der Waals surface area contributed by atoms with Crippen molar-refractivity contribution in [2.24, 2.45) is 5.92 Å². The number of amides is 2. The molecular formula is C20H29N5O2S. The molecule has 1 aromatic carbocycles. The molecule has 0 fully saturated rings. The summed E-state index contributed by atoms with van der Waals surface area (Å²) in [5, 5.41) is 15.2. The van der Waals surface area contributed by atoms with Crippen LogP contribution in [-0.2, 0) is 29.0 Å². The van der Waals surface area contributed by atoms with Crippen LogP contribution in [0, 0.1) is 5.92 Å². The van der Waals surface area contributed by atoms with Crippen LogP contribution in [0.4, 0.5) is 5.69 Å². The first-order valence-electron chi connectivity index (χ1n) is 9.48. The predicted molar refractivity (Wildman–Crippen MR) is 112 cm³/mol. The van der Waals surface area contributed by atoms with Crippen molar-refractivity contribution in [2.75, 3.05) is 18.1 Å². The Morgan fingerprint density at radius 2 is 1.89 bits per heavy atom. The number of hydrogen-bond acceptors (Lipinski definition) is 5. The molecule has 1 aromatic heterocycles. The van der Waals surface area contributed by atoms with Gasteiger partial charge in [0, 0.05) is 32.1 Å². The van der Waals surface area contributed by atoms with E-state index in [2.05, 4.69) is 39.2 Å². The van der Waals surface area contributed by atoms with Gasteiger partial charge in [-0.1, -0.05) is 37.7 Å². The second kappa shape index (κ2) is 10.8. The third-order valence-corrected chi connectivity index (χ3v) is 4.73. The number of hydrogen-bond donors (Lipinski definition) is 2. The van der Waals surface area contributed by atoms with Crippen molar-refractivity contribution in [2.45, 2.75) is 51.7 Å². The van der Waals surface area contributed by atoms with Gasteiger partial charge in [0.2, 0.25) is 11.8 Å². The molecular weight excluding hydrogens is 374 g/mol. The summed E-state index contributed by atoms with van der Waals surface area (Å²) in [6, 6.07) is 7.30. The second-order valence-electron chi connectivity index (χ2n) is 7.12. The van der Waals surface area contributed by atoms with Crippen molar-refractivity contribution in [3.8, 4) is 0 Å². The van der Waals surface area contributed by atoms with E-state index in [4.69, 9.17) is 0 Å². The van der Waals surface area contributed by atoms with Crippen LogP contribution in [0.3, 0.4) is 0 Å². The van der Waals surface area contributed by atoms with Crippen LogP contribution in [0.15, 0.2) is 29.4 Å². The summed E-state index contributed by atoms with van der Waals surface area (Å²) < 4.78 is 2.17. The Bertz CT molecular complexity index is 786. The van der Waals surface area contributed by atoms with Crippen LogP contribution >= 0.6 is 11.8 Å². The number of carbonyl (C=O) groups is 2. The van der Waals surface area contributed by atoms with E-state index >= 15 is 0 Å². The Morgan fingerprint density at radius 3 is 2.50 bits per heavy atom. The summed E-state index contributed by atoms with van der Waals surface area (Å²) in [5.41, 5.74) is 1.64. The molecule has 28 heavy (non-hydrogen) atoms. The van der Waals surface area contributed by atoms with Gasteiger partial charge in [0.1, 0.15) is 5.82 Å². The highest BCUT2D eigenvalue weighted by Gasteiger charge is 2.12. The van der Waals surface area contributed by atoms with Gasteiger partial charge in [0.25, 0.3) is 0 Å². The highest BCUT2D eigenvalue weighted by molar-refractivity contribution is 7.98.